The molecule has 0 bridgehead atoms. The van der Waals surface area contributed by atoms with Crippen molar-refractivity contribution in [2.75, 3.05) is 6.61 Å². The molecule has 1 saturated carbocycles. The number of benzene rings is 1. The molecule has 2 heteroatoms. The monoisotopic (exact) mass is 203 g/mol. The van der Waals surface area contributed by atoms with Crippen molar-refractivity contribution in [2.45, 2.75) is 38.3 Å². The number of rotatable bonds is 3. The van der Waals surface area contributed by atoms with Crippen molar-refractivity contribution in [2.24, 2.45) is 0 Å². The van der Waals surface area contributed by atoms with Crippen LogP contribution >= 0.6 is 0 Å². The van der Waals surface area contributed by atoms with Crippen LogP contribution in [0.2, 0.25) is 0 Å². The molecule has 1 aromatic rings. The average Bonchev–Trinajstić information content (AvgIpc) is 2.99. The molecule has 1 aliphatic heterocycles. The quantitative estimate of drug-likeness (QED) is 0.814. The Morgan fingerprint density at radius 3 is 3.00 bits per heavy atom. The smallest absolute Gasteiger partial charge is 0.127 e. The van der Waals surface area contributed by atoms with Crippen LogP contribution in [-0.4, -0.2) is 12.6 Å². The third kappa shape index (κ3) is 1.63. The molecule has 1 heterocycles. The van der Waals surface area contributed by atoms with Crippen molar-refractivity contribution in [3.8, 4) is 5.75 Å². The Bertz CT molecular complexity index is 371. The Hall–Kier alpha value is -1.02. The lowest BCUT2D eigenvalue weighted by atomic mass is 10.0. The number of fused-ring (bicyclic) bond motifs is 1. The third-order valence-electron chi connectivity index (χ3n) is 3.29. The molecule has 1 fully saturated rings. The summed E-state index contributed by atoms with van der Waals surface area (Å²) in [6, 6.07) is 7.68. The minimum absolute atomic E-state index is 0.430. The fourth-order valence-corrected chi connectivity index (χ4v) is 2.26. The second-order valence-electron chi connectivity index (χ2n) is 4.49. The first-order valence-corrected chi connectivity index (χ1v) is 5.89. The van der Waals surface area contributed by atoms with Gasteiger partial charge in [0.15, 0.2) is 0 Å². The summed E-state index contributed by atoms with van der Waals surface area (Å²) in [5.74, 6) is 1.14. The zero-order chi connectivity index (χ0) is 10.3. The van der Waals surface area contributed by atoms with E-state index >= 15 is 0 Å². The van der Waals surface area contributed by atoms with Crippen LogP contribution in [0.1, 0.15) is 36.9 Å². The summed E-state index contributed by atoms with van der Waals surface area (Å²) in [7, 11) is 0. The lowest BCUT2D eigenvalue weighted by molar-refractivity contribution is 0.308. The van der Waals surface area contributed by atoms with E-state index in [9.17, 15) is 0 Å². The molecule has 3 rings (SSSR count). The van der Waals surface area contributed by atoms with E-state index in [-0.39, 0.29) is 0 Å². The van der Waals surface area contributed by atoms with Gasteiger partial charge in [-0.05, 0) is 24.8 Å². The first-order valence-electron chi connectivity index (χ1n) is 5.89. The highest BCUT2D eigenvalue weighted by Gasteiger charge is 2.31. The molecule has 80 valence electrons. The first kappa shape index (κ1) is 9.22. The van der Waals surface area contributed by atoms with Gasteiger partial charge in [-0.25, -0.2) is 0 Å². The topological polar surface area (TPSA) is 21.3 Å². The van der Waals surface area contributed by atoms with E-state index in [2.05, 4.69) is 30.4 Å². The van der Waals surface area contributed by atoms with Gasteiger partial charge in [0, 0.05) is 11.6 Å². The van der Waals surface area contributed by atoms with Crippen LogP contribution in [0.5, 0.6) is 5.75 Å². The molecule has 0 aromatic heterocycles. The van der Waals surface area contributed by atoms with Crippen LogP contribution in [0.4, 0.5) is 0 Å². The van der Waals surface area contributed by atoms with Crippen LogP contribution in [0.3, 0.4) is 0 Å². The summed E-state index contributed by atoms with van der Waals surface area (Å²) in [5.41, 5.74) is 2.70. The van der Waals surface area contributed by atoms with E-state index in [1.807, 2.05) is 0 Å². The number of ether oxygens (including phenoxy) is 1. The maximum absolute atomic E-state index is 5.80. The maximum Gasteiger partial charge on any atom is 0.127 e. The van der Waals surface area contributed by atoms with E-state index in [0.717, 1.165) is 24.8 Å². The predicted octanol–water partition coefficient (Wildman–Crippen LogP) is 2.43. The molecule has 1 unspecified atom stereocenters. The van der Waals surface area contributed by atoms with Crippen molar-refractivity contribution >= 4 is 0 Å². The van der Waals surface area contributed by atoms with Gasteiger partial charge in [0.25, 0.3) is 0 Å². The molecule has 0 saturated heterocycles. The van der Waals surface area contributed by atoms with Crippen LogP contribution in [0.15, 0.2) is 18.2 Å². The molecule has 1 N–H and O–H groups in total. The fourth-order valence-electron chi connectivity index (χ4n) is 2.26. The summed E-state index contributed by atoms with van der Waals surface area (Å²) in [5, 5.41) is 3.64. The number of nitrogens with one attached hydrogen (secondary N) is 1. The molecule has 1 aliphatic carbocycles. The molecule has 2 aliphatic rings. The van der Waals surface area contributed by atoms with Gasteiger partial charge in [0.2, 0.25) is 0 Å². The van der Waals surface area contributed by atoms with E-state index in [4.69, 9.17) is 4.74 Å². The van der Waals surface area contributed by atoms with Gasteiger partial charge >= 0.3 is 0 Å². The summed E-state index contributed by atoms with van der Waals surface area (Å²) in [4.78, 5) is 0. The van der Waals surface area contributed by atoms with Gasteiger partial charge < -0.3 is 10.1 Å². The Morgan fingerprint density at radius 2 is 2.27 bits per heavy atom. The van der Waals surface area contributed by atoms with Crippen LogP contribution in [0, 0.1) is 0 Å². The number of para-hydroxylation sites is 1. The Balaban J connectivity index is 1.88. The van der Waals surface area contributed by atoms with Crippen molar-refractivity contribution in [1.29, 1.82) is 0 Å². The van der Waals surface area contributed by atoms with Gasteiger partial charge in [-0.3, -0.25) is 0 Å². The molecular weight excluding hydrogens is 186 g/mol. The zero-order valence-corrected chi connectivity index (χ0v) is 9.12. The normalized spacial score (nSPS) is 23.7. The summed E-state index contributed by atoms with van der Waals surface area (Å²) < 4.78 is 5.80. The lowest BCUT2D eigenvalue weighted by Gasteiger charge is -2.10. The van der Waals surface area contributed by atoms with E-state index in [0.29, 0.717) is 6.04 Å². The van der Waals surface area contributed by atoms with E-state index < -0.39 is 0 Å². The van der Waals surface area contributed by atoms with Gasteiger partial charge in [-0.15, -0.1) is 0 Å². The average molecular weight is 203 g/mol. The Kier molecular flexibility index (Phi) is 2.17. The number of hydrogen-bond acceptors (Lipinski definition) is 2. The third-order valence-corrected chi connectivity index (χ3v) is 3.29. The van der Waals surface area contributed by atoms with Crippen molar-refractivity contribution < 1.29 is 4.74 Å². The van der Waals surface area contributed by atoms with Crippen molar-refractivity contribution in [1.82, 2.24) is 5.32 Å². The van der Waals surface area contributed by atoms with Gasteiger partial charge in [-0.1, -0.05) is 25.1 Å². The molecule has 1 aromatic carbocycles. The van der Waals surface area contributed by atoms with E-state index in [1.54, 1.807) is 0 Å². The molecule has 0 radical (unpaired) electrons. The molecular formula is C13H17NO. The highest BCUT2D eigenvalue weighted by Crippen LogP contribution is 2.37. The largest absolute Gasteiger partial charge is 0.491 e. The molecule has 15 heavy (non-hydrogen) atoms. The Morgan fingerprint density at radius 1 is 1.40 bits per heavy atom. The van der Waals surface area contributed by atoms with Gasteiger partial charge in [-0.2, -0.15) is 0 Å². The SMILES string of the molecule is CCc1cccc2c1OCC2NC1CC1. The Labute approximate surface area is 90.6 Å². The zero-order valence-electron chi connectivity index (χ0n) is 9.12. The van der Waals surface area contributed by atoms with Crippen molar-refractivity contribution in [3.05, 3.63) is 29.3 Å². The van der Waals surface area contributed by atoms with Crippen LogP contribution in [0.25, 0.3) is 0 Å². The fraction of sp³-hybridized carbons (Fsp3) is 0.538. The minimum Gasteiger partial charge on any atom is -0.491 e. The van der Waals surface area contributed by atoms with Crippen LogP contribution in [-0.2, 0) is 6.42 Å². The van der Waals surface area contributed by atoms with Crippen LogP contribution < -0.4 is 10.1 Å². The lowest BCUT2D eigenvalue weighted by Crippen LogP contribution is -2.24. The highest BCUT2D eigenvalue weighted by molar-refractivity contribution is 5.46. The standard InChI is InChI=1S/C13H17NO/c1-2-9-4-3-5-11-12(8-15-13(9)11)14-10-6-7-10/h3-5,10,12,14H,2,6-8H2,1H3. The summed E-state index contributed by atoms with van der Waals surface area (Å²) >= 11 is 0. The maximum atomic E-state index is 5.80. The van der Waals surface area contributed by atoms with Gasteiger partial charge in [0.1, 0.15) is 12.4 Å². The predicted molar refractivity (Wildman–Crippen MR) is 60.2 cm³/mol. The minimum atomic E-state index is 0.430. The van der Waals surface area contributed by atoms with E-state index in [1.165, 1.54) is 24.0 Å². The molecule has 0 amide bonds. The van der Waals surface area contributed by atoms with Gasteiger partial charge in [0.05, 0.1) is 6.04 Å². The molecule has 0 spiro atoms. The van der Waals surface area contributed by atoms with Crippen molar-refractivity contribution in [3.63, 3.8) is 0 Å². The molecule has 2 nitrogen and oxygen atoms in total. The second-order valence-corrected chi connectivity index (χ2v) is 4.49. The molecule has 1 atom stereocenters. The number of hydrogen-bond donors (Lipinski definition) is 1. The first-order chi connectivity index (χ1) is 7.38. The summed E-state index contributed by atoms with van der Waals surface area (Å²) in [6.45, 7) is 2.99. The number of aryl methyl sites for hydroxylation is 1. The summed E-state index contributed by atoms with van der Waals surface area (Å²) in [6.07, 6.45) is 3.72. The second kappa shape index (κ2) is 3.53. The highest BCUT2D eigenvalue weighted by atomic mass is 16.5.